The maximum Gasteiger partial charge on any atom is 0.224 e. The van der Waals surface area contributed by atoms with Gasteiger partial charge in [-0.2, -0.15) is 0 Å². The number of benzene rings is 2. The standard InChI is InChI=1S/C21H23Cl3N2O3S2/c22-17-5-7-19(8-6-17)30-11-9-25-21(27)15-2-1-10-26(13-15)31(28,29)14-16-3-4-18(23)12-20(16)24/h3-8,12,15H,1-2,9-11,13-14H2,(H,25,27). The molecule has 1 N–H and O–H groups in total. The largest absolute Gasteiger partial charge is 0.355 e. The number of rotatable bonds is 8. The number of nitrogens with zero attached hydrogens (tertiary/aromatic N) is 1. The summed E-state index contributed by atoms with van der Waals surface area (Å²) in [4.78, 5) is 13.7. The molecule has 2 aromatic rings. The minimum absolute atomic E-state index is 0.110. The van der Waals surface area contributed by atoms with Crippen molar-refractivity contribution < 1.29 is 13.2 Å². The van der Waals surface area contributed by atoms with Crippen LogP contribution < -0.4 is 5.32 Å². The summed E-state index contributed by atoms with van der Waals surface area (Å²) in [6.45, 7) is 1.10. The van der Waals surface area contributed by atoms with Crippen LogP contribution in [0, 0.1) is 5.92 Å². The van der Waals surface area contributed by atoms with Crippen LogP contribution in [0.2, 0.25) is 15.1 Å². The molecular weight excluding hydrogens is 499 g/mol. The normalized spacial score (nSPS) is 17.5. The molecule has 3 rings (SSSR count). The van der Waals surface area contributed by atoms with Gasteiger partial charge in [-0.3, -0.25) is 4.79 Å². The van der Waals surface area contributed by atoms with Crippen LogP contribution in [0.1, 0.15) is 18.4 Å². The van der Waals surface area contributed by atoms with Gasteiger partial charge in [-0.1, -0.05) is 40.9 Å². The zero-order valence-corrected chi connectivity index (χ0v) is 20.6. The number of nitrogens with one attached hydrogen (secondary N) is 1. The molecule has 0 spiro atoms. The highest BCUT2D eigenvalue weighted by Gasteiger charge is 2.32. The zero-order chi connectivity index (χ0) is 22.4. The number of piperidine rings is 1. The lowest BCUT2D eigenvalue weighted by atomic mass is 9.99. The highest BCUT2D eigenvalue weighted by molar-refractivity contribution is 7.99. The molecule has 0 saturated carbocycles. The molecule has 0 aromatic heterocycles. The molecule has 1 aliphatic heterocycles. The third-order valence-electron chi connectivity index (χ3n) is 4.98. The first-order chi connectivity index (χ1) is 14.7. The lowest BCUT2D eigenvalue weighted by Gasteiger charge is -2.31. The van der Waals surface area contributed by atoms with E-state index in [9.17, 15) is 13.2 Å². The van der Waals surface area contributed by atoms with Gasteiger partial charge in [-0.25, -0.2) is 12.7 Å². The van der Waals surface area contributed by atoms with E-state index in [1.54, 1.807) is 23.9 Å². The van der Waals surface area contributed by atoms with E-state index in [4.69, 9.17) is 34.8 Å². The van der Waals surface area contributed by atoms with E-state index in [2.05, 4.69) is 5.32 Å². The topological polar surface area (TPSA) is 66.5 Å². The van der Waals surface area contributed by atoms with Crippen LogP contribution in [0.5, 0.6) is 0 Å². The van der Waals surface area contributed by atoms with E-state index in [1.165, 1.54) is 10.4 Å². The van der Waals surface area contributed by atoms with Crippen LogP contribution in [0.15, 0.2) is 47.4 Å². The maximum atomic E-state index is 12.9. The van der Waals surface area contributed by atoms with Gasteiger partial charge in [0.2, 0.25) is 15.9 Å². The van der Waals surface area contributed by atoms with E-state index >= 15 is 0 Å². The smallest absolute Gasteiger partial charge is 0.224 e. The molecule has 1 aliphatic rings. The van der Waals surface area contributed by atoms with Gasteiger partial charge in [0.15, 0.2) is 0 Å². The quantitative estimate of drug-likeness (QED) is 0.388. The molecule has 168 valence electrons. The van der Waals surface area contributed by atoms with Gasteiger partial charge in [-0.15, -0.1) is 11.8 Å². The van der Waals surface area contributed by atoms with Gasteiger partial charge in [0.1, 0.15) is 0 Å². The van der Waals surface area contributed by atoms with Crippen molar-refractivity contribution >= 4 is 62.5 Å². The molecule has 1 fully saturated rings. The minimum atomic E-state index is -3.59. The SMILES string of the molecule is O=C(NCCSc1ccc(Cl)cc1)C1CCCN(S(=O)(=O)Cc2ccc(Cl)cc2Cl)C1. The summed E-state index contributed by atoms with van der Waals surface area (Å²) in [5.74, 6) is 0.0394. The molecule has 5 nitrogen and oxygen atoms in total. The summed E-state index contributed by atoms with van der Waals surface area (Å²) in [5.41, 5.74) is 0.497. The van der Waals surface area contributed by atoms with Crippen molar-refractivity contribution in [3.05, 3.63) is 63.1 Å². The predicted octanol–water partition coefficient (Wildman–Crippen LogP) is 5.10. The third kappa shape index (κ3) is 7.27. The molecule has 10 heteroatoms. The Hall–Kier alpha value is -0.960. The average molecular weight is 522 g/mol. The summed E-state index contributed by atoms with van der Waals surface area (Å²) in [6.07, 6.45) is 1.31. The number of halogens is 3. The summed E-state index contributed by atoms with van der Waals surface area (Å²) in [6, 6.07) is 12.3. The lowest BCUT2D eigenvalue weighted by molar-refractivity contribution is -0.125. The molecule has 0 bridgehead atoms. The molecular formula is C21H23Cl3N2O3S2. The summed E-state index contributed by atoms with van der Waals surface area (Å²) < 4.78 is 27.2. The second kappa shape index (κ2) is 11.3. The Morgan fingerprint density at radius 3 is 2.52 bits per heavy atom. The van der Waals surface area contributed by atoms with Crippen molar-refractivity contribution in [2.45, 2.75) is 23.5 Å². The molecule has 1 atom stereocenters. The first kappa shape index (κ1) is 24.7. The van der Waals surface area contributed by atoms with E-state index in [0.717, 1.165) is 10.6 Å². The number of amides is 1. The Labute approximate surface area is 202 Å². The van der Waals surface area contributed by atoms with Gasteiger partial charge >= 0.3 is 0 Å². The Morgan fingerprint density at radius 2 is 1.81 bits per heavy atom. The predicted molar refractivity (Wildman–Crippen MR) is 129 cm³/mol. The molecule has 0 radical (unpaired) electrons. The Morgan fingerprint density at radius 1 is 1.10 bits per heavy atom. The highest BCUT2D eigenvalue weighted by atomic mass is 35.5. The van der Waals surface area contributed by atoms with E-state index in [-0.39, 0.29) is 24.1 Å². The number of thioether (sulfide) groups is 1. The van der Waals surface area contributed by atoms with E-state index in [1.807, 2.05) is 24.3 Å². The summed E-state index contributed by atoms with van der Waals surface area (Å²) in [5, 5.41) is 4.39. The Balaban J connectivity index is 1.50. The van der Waals surface area contributed by atoms with Crippen LogP contribution in [0.25, 0.3) is 0 Å². The van der Waals surface area contributed by atoms with Crippen LogP contribution in [-0.2, 0) is 20.6 Å². The van der Waals surface area contributed by atoms with E-state index < -0.39 is 10.0 Å². The zero-order valence-electron chi connectivity index (χ0n) is 16.7. The van der Waals surface area contributed by atoms with Crippen LogP contribution >= 0.6 is 46.6 Å². The lowest BCUT2D eigenvalue weighted by Crippen LogP contribution is -2.46. The molecule has 31 heavy (non-hydrogen) atoms. The second-order valence-corrected chi connectivity index (χ2v) is 11.7. The number of hydrogen-bond donors (Lipinski definition) is 1. The Bertz CT molecular complexity index is 1020. The van der Waals surface area contributed by atoms with Gasteiger partial charge < -0.3 is 5.32 Å². The van der Waals surface area contributed by atoms with Gasteiger partial charge in [0.05, 0.1) is 11.7 Å². The molecule has 0 aliphatic carbocycles. The molecule has 1 unspecified atom stereocenters. The van der Waals surface area contributed by atoms with Gasteiger partial charge in [0, 0.05) is 45.4 Å². The minimum Gasteiger partial charge on any atom is -0.355 e. The monoisotopic (exact) mass is 520 g/mol. The fourth-order valence-corrected chi connectivity index (χ4v) is 6.44. The van der Waals surface area contributed by atoms with Crippen molar-refractivity contribution in [1.82, 2.24) is 9.62 Å². The first-order valence-electron chi connectivity index (χ1n) is 9.82. The number of hydrogen-bond acceptors (Lipinski definition) is 4. The number of carbonyl (C=O) groups excluding carboxylic acids is 1. The number of carbonyl (C=O) groups is 1. The van der Waals surface area contributed by atoms with Gasteiger partial charge in [-0.05, 0) is 54.8 Å². The van der Waals surface area contributed by atoms with Crippen molar-refractivity contribution in [2.24, 2.45) is 5.92 Å². The molecule has 1 saturated heterocycles. The molecule has 1 heterocycles. The van der Waals surface area contributed by atoms with Crippen molar-refractivity contribution in [2.75, 3.05) is 25.4 Å². The first-order valence-corrected chi connectivity index (χ1v) is 13.6. The van der Waals surface area contributed by atoms with Crippen LogP contribution in [-0.4, -0.2) is 44.0 Å². The number of sulfonamides is 1. The summed E-state index contributed by atoms with van der Waals surface area (Å²) in [7, 11) is -3.59. The van der Waals surface area contributed by atoms with Gasteiger partial charge in [0.25, 0.3) is 0 Å². The molecule has 2 aromatic carbocycles. The molecule has 1 amide bonds. The average Bonchev–Trinajstić information content (AvgIpc) is 2.74. The van der Waals surface area contributed by atoms with E-state index in [0.29, 0.717) is 46.6 Å². The van der Waals surface area contributed by atoms with Crippen molar-refractivity contribution in [3.63, 3.8) is 0 Å². The Kier molecular flexibility index (Phi) is 8.96. The van der Waals surface area contributed by atoms with Crippen LogP contribution in [0.4, 0.5) is 0 Å². The van der Waals surface area contributed by atoms with Crippen molar-refractivity contribution in [3.8, 4) is 0 Å². The second-order valence-electron chi connectivity index (χ2n) is 7.28. The highest BCUT2D eigenvalue weighted by Crippen LogP contribution is 2.26. The fraction of sp³-hybridized carbons (Fsp3) is 0.381. The fourth-order valence-electron chi connectivity index (χ4n) is 3.35. The van der Waals surface area contributed by atoms with Crippen LogP contribution in [0.3, 0.4) is 0 Å². The third-order valence-corrected chi connectivity index (χ3v) is 8.63. The van der Waals surface area contributed by atoms with Crippen molar-refractivity contribution in [1.29, 1.82) is 0 Å². The maximum absolute atomic E-state index is 12.9. The summed E-state index contributed by atoms with van der Waals surface area (Å²) >= 11 is 19.5.